The molecule has 4 rings (SSSR count). The molecular formula is C22H19ClN2O6. The van der Waals surface area contributed by atoms with Gasteiger partial charge in [0.15, 0.2) is 0 Å². The predicted octanol–water partition coefficient (Wildman–Crippen LogP) is 3.85. The Morgan fingerprint density at radius 1 is 1.23 bits per heavy atom. The largest absolute Gasteiger partial charge is 0.507 e. The minimum Gasteiger partial charge on any atom is -0.507 e. The number of Topliss-reactive ketones (excluding diaryl/α,β-unsaturated/α-hetero) is 1. The Labute approximate surface area is 182 Å². The SMILES string of the molecule is O=C1C(=O)N(CC2CCCO2)C(c2cccc([N+](=O)[O-])c2)/C1=C(/O)c1ccc(Cl)cc1. The normalized spacial score (nSPS) is 22.8. The van der Waals surface area contributed by atoms with E-state index in [1.54, 1.807) is 18.2 Å². The van der Waals surface area contributed by atoms with Gasteiger partial charge >= 0.3 is 0 Å². The summed E-state index contributed by atoms with van der Waals surface area (Å²) < 4.78 is 5.63. The van der Waals surface area contributed by atoms with Gasteiger partial charge in [-0.05, 0) is 42.7 Å². The molecule has 160 valence electrons. The average molecular weight is 443 g/mol. The van der Waals surface area contributed by atoms with Gasteiger partial charge in [-0.1, -0.05) is 23.7 Å². The van der Waals surface area contributed by atoms with E-state index in [1.165, 1.54) is 35.2 Å². The molecule has 2 unspecified atom stereocenters. The lowest BCUT2D eigenvalue weighted by Gasteiger charge is -2.27. The summed E-state index contributed by atoms with van der Waals surface area (Å²) in [5.74, 6) is -1.98. The second-order valence-corrected chi connectivity index (χ2v) is 7.88. The number of carbonyl (C=O) groups excluding carboxylic acids is 2. The van der Waals surface area contributed by atoms with Crippen LogP contribution < -0.4 is 0 Å². The number of carbonyl (C=O) groups is 2. The molecule has 0 spiro atoms. The average Bonchev–Trinajstić information content (AvgIpc) is 3.36. The lowest BCUT2D eigenvalue weighted by atomic mass is 9.95. The number of non-ortho nitro benzene ring substituents is 1. The Morgan fingerprint density at radius 2 is 1.97 bits per heavy atom. The molecule has 9 heteroatoms. The first kappa shape index (κ1) is 21.0. The number of amides is 1. The first-order valence-electron chi connectivity index (χ1n) is 9.77. The number of aliphatic hydroxyl groups is 1. The Balaban J connectivity index is 1.85. The zero-order valence-corrected chi connectivity index (χ0v) is 17.1. The number of halogens is 1. The van der Waals surface area contributed by atoms with Crippen LogP contribution in [0.4, 0.5) is 5.69 Å². The van der Waals surface area contributed by atoms with Crippen LogP contribution in [0.3, 0.4) is 0 Å². The van der Waals surface area contributed by atoms with Crippen molar-refractivity contribution < 1.29 is 24.4 Å². The van der Waals surface area contributed by atoms with Gasteiger partial charge in [0.2, 0.25) is 0 Å². The van der Waals surface area contributed by atoms with Crippen molar-refractivity contribution in [2.24, 2.45) is 0 Å². The Kier molecular flexibility index (Phi) is 5.75. The van der Waals surface area contributed by atoms with Crippen molar-refractivity contribution in [2.75, 3.05) is 13.2 Å². The highest BCUT2D eigenvalue weighted by Gasteiger charge is 2.47. The quantitative estimate of drug-likeness (QED) is 0.247. The van der Waals surface area contributed by atoms with Crippen LogP contribution in [0.5, 0.6) is 0 Å². The fourth-order valence-corrected chi connectivity index (χ4v) is 4.12. The highest BCUT2D eigenvalue weighted by atomic mass is 35.5. The van der Waals surface area contributed by atoms with E-state index in [0.29, 0.717) is 22.8 Å². The van der Waals surface area contributed by atoms with Crippen molar-refractivity contribution in [3.63, 3.8) is 0 Å². The zero-order valence-electron chi connectivity index (χ0n) is 16.4. The van der Waals surface area contributed by atoms with Crippen molar-refractivity contribution in [3.8, 4) is 0 Å². The van der Waals surface area contributed by atoms with E-state index in [-0.39, 0.29) is 29.7 Å². The maximum Gasteiger partial charge on any atom is 0.295 e. The summed E-state index contributed by atoms with van der Waals surface area (Å²) in [5, 5.41) is 22.7. The summed E-state index contributed by atoms with van der Waals surface area (Å²) in [5.41, 5.74) is 0.384. The van der Waals surface area contributed by atoms with Gasteiger partial charge in [-0.3, -0.25) is 19.7 Å². The van der Waals surface area contributed by atoms with Crippen LogP contribution in [0.2, 0.25) is 5.02 Å². The lowest BCUT2D eigenvalue weighted by molar-refractivity contribution is -0.384. The molecular weight excluding hydrogens is 424 g/mol. The van der Waals surface area contributed by atoms with E-state index in [1.807, 2.05) is 0 Å². The van der Waals surface area contributed by atoms with Gasteiger partial charge in [0.05, 0.1) is 22.6 Å². The van der Waals surface area contributed by atoms with Crippen molar-refractivity contribution in [1.29, 1.82) is 0 Å². The Bertz CT molecular complexity index is 1080. The van der Waals surface area contributed by atoms with Gasteiger partial charge in [-0.25, -0.2) is 0 Å². The number of aliphatic hydroxyl groups excluding tert-OH is 1. The Hall–Kier alpha value is -3.23. The first-order chi connectivity index (χ1) is 14.9. The maximum atomic E-state index is 13.0. The molecule has 0 bridgehead atoms. The molecule has 2 aromatic rings. The number of ketones is 1. The van der Waals surface area contributed by atoms with Gasteiger partial charge < -0.3 is 14.7 Å². The van der Waals surface area contributed by atoms with Gasteiger partial charge in [0.1, 0.15) is 5.76 Å². The van der Waals surface area contributed by atoms with Crippen LogP contribution in [0.15, 0.2) is 54.1 Å². The van der Waals surface area contributed by atoms with E-state index in [2.05, 4.69) is 0 Å². The molecule has 0 aliphatic carbocycles. The van der Waals surface area contributed by atoms with E-state index in [0.717, 1.165) is 12.8 Å². The van der Waals surface area contributed by atoms with Crippen LogP contribution in [0, 0.1) is 10.1 Å². The van der Waals surface area contributed by atoms with Crippen LogP contribution in [-0.2, 0) is 14.3 Å². The zero-order chi connectivity index (χ0) is 22.1. The van der Waals surface area contributed by atoms with Gasteiger partial charge in [-0.15, -0.1) is 0 Å². The van der Waals surface area contributed by atoms with Crippen molar-refractivity contribution in [3.05, 3.63) is 80.4 Å². The number of nitro groups is 1. The second-order valence-electron chi connectivity index (χ2n) is 7.45. The topological polar surface area (TPSA) is 110 Å². The third-order valence-electron chi connectivity index (χ3n) is 5.48. The summed E-state index contributed by atoms with van der Waals surface area (Å²) >= 11 is 5.91. The standard InChI is InChI=1S/C22H19ClN2O6/c23-15-8-6-13(7-9-15)20(26)18-19(14-3-1-4-16(11-14)25(29)30)24(22(28)21(18)27)12-17-5-2-10-31-17/h1,3-4,6-9,11,17,19,26H,2,5,10,12H2/b20-18-. The number of likely N-dealkylation sites (tertiary alicyclic amines) is 1. The van der Waals surface area contributed by atoms with Crippen LogP contribution in [0.1, 0.15) is 30.0 Å². The minimum absolute atomic E-state index is 0.120. The molecule has 2 atom stereocenters. The smallest absolute Gasteiger partial charge is 0.295 e. The molecule has 2 aliphatic heterocycles. The molecule has 0 radical (unpaired) electrons. The number of nitro benzene ring substituents is 1. The molecule has 2 aliphatic rings. The molecule has 0 saturated carbocycles. The van der Waals surface area contributed by atoms with Crippen molar-refractivity contribution in [2.45, 2.75) is 25.0 Å². The molecule has 2 saturated heterocycles. The van der Waals surface area contributed by atoms with E-state index < -0.39 is 22.7 Å². The number of rotatable bonds is 5. The molecule has 8 nitrogen and oxygen atoms in total. The summed E-state index contributed by atoms with van der Waals surface area (Å²) in [6, 6.07) is 10.9. The lowest BCUT2D eigenvalue weighted by Crippen LogP contribution is -2.36. The third-order valence-corrected chi connectivity index (χ3v) is 5.73. The molecule has 2 fully saturated rings. The first-order valence-corrected chi connectivity index (χ1v) is 10.1. The van der Waals surface area contributed by atoms with Crippen molar-refractivity contribution in [1.82, 2.24) is 4.90 Å². The second kappa shape index (κ2) is 8.49. The maximum absolute atomic E-state index is 13.0. The molecule has 2 heterocycles. The van der Waals surface area contributed by atoms with Crippen molar-refractivity contribution >= 4 is 34.7 Å². The summed E-state index contributed by atoms with van der Waals surface area (Å²) in [7, 11) is 0. The highest BCUT2D eigenvalue weighted by molar-refractivity contribution is 6.46. The molecule has 31 heavy (non-hydrogen) atoms. The predicted molar refractivity (Wildman–Crippen MR) is 113 cm³/mol. The monoisotopic (exact) mass is 442 g/mol. The summed E-state index contributed by atoms with van der Waals surface area (Å²) in [6.07, 6.45) is 1.35. The number of nitrogens with zero attached hydrogens (tertiary/aromatic N) is 2. The summed E-state index contributed by atoms with van der Waals surface area (Å²) in [6.45, 7) is 0.718. The van der Waals surface area contributed by atoms with Crippen LogP contribution in [0.25, 0.3) is 5.76 Å². The summed E-state index contributed by atoms with van der Waals surface area (Å²) in [4.78, 5) is 38.0. The highest BCUT2D eigenvalue weighted by Crippen LogP contribution is 2.40. The fraction of sp³-hybridized carbons (Fsp3) is 0.273. The van der Waals surface area contributed by atoms with Crippen LogP contribution >= 0.6 is 11.6 Å². The van der Waals surface area contributed by atoms with Gasteiger partial charge in [0, 0.05) is 35.9 Å². The number of hydrogen-bond donors (Lipinski definition) is 1. The fourth-order valence-electron chi connectivity index (χ4n) is 3.99. The minimum atomic E-state index is -0.972. The number of benzene rings is 2. The number of hydrogen-bond acceptors (Lipinski definition) is 6. The Morgan fingerprint density at radius 3 is 2.61 bits per heavy atom. The van der Waals surface area contributed by atoms with Crippen LogP contribution in [-0.4, -0.2) is 45.9 Å². The van der Waals surface area contributed by atoms with Gasteiger partial charge in [-0.2, -0.15) is 0 Å². The molecule has 1 amide bonds. The molecule has 1 N–H and O–H groups in total. The van der Waals surface area contributed by atoms with E-state index in [9.17, 15) is 24.8 Å². The van der Waals surface area contributed by atoms with Gasteiger partial charge in [0.25, 0.3) is 17.4 Å². The van der Waals surface area contributed by atoms with E-state index >= 15 is 0 Å². The van der Waals surface area contributed by atoms with E-state index in [4.69, 9.17) is 16.3 Å². The third kappa shape index (κ3) is 4.04. The number of ether oxygens (including phenoxy) is 1. The molecule has 2 aromatic carbocycles. The molecule has 0 aromatic heterocycles.